The summed E-state index contributed by atoms with van der Waals surface area (Å²) in [6, 6.07) is 14.7. The van der Waals surface area contributed by atoms with Crippen LogP contribution in [0, 0.1) is 11.8 Å². The number of methoxy groups -OCH3 is 2. The number of hydrogen-bond donors (Lipinski definition) is 4. The van der Waals surface area contributed by atoms with Crippen molar-refractivity contribution in [3.8, 4) is 28.1 Å². The SMILES string of the molecule is COC(=O)N[C@H](C(=O)N1CCC[C@H]1c1ncc(-c2ccc(-c3ccc4c(ccc5[nH]c([C@@H]6CCCN6C(=O)[C@@H](NC(=O)OC)C(C)C)nc54)c3)cc2OCCN2CCOCC2)[nH]1)C(C)C. The molecule has 0 radical (unpaired) electrons. The predicted octanol–water partition coefficient (Wildman–Crippen LogP) is 6.57. The van der Waals surface area contributed by atoms with Crippen LogP contribution < -0.4 is 15.4 Å². The maximum atomic E-state index is 13.8. The van der Waals surface area contributed by atoms with Crippen molar-refractivity contribution in [1.82, 2.24) is 45.3 Å². The molecule has 3 fully saturated rings. The molecule has 0 unspecified atom stereocenters. The lowest BCUT2D eigenvalue weighted by Gasteiger charge is -2.30. The summed E-state index contributed by atoms with van der Waals surface area (Å²) in [7, 11) is 2.58. The summed E-state index contributed by atoms with van der Waals surface area (Å²) in [4.78, 5) is 74.8. The van der Waals surface area contributed by atoms with Crippen LogP contribution in [0.3, 0.4) is 0 Å². The second-order valence-electron chi connectivity index (χ2n) is 17.8. The van der Waals surface area contributed by atoms with Crippen LogP contribution in [0.1, 0.15) is 77.1 Å². The van der Waals surface area contributed by atoms with Gasteiger partial charge >= 0.3 is 12.2 Å². The Morgan fingerprint density at radius 2 is 1.38 bits per heavy atom. The fourth-order valence-corrected chi connectivity index (χ4v) is 9.34. The van der Waals surface area contributed by atoms with Gasteiger partial charge in [0.2, 0.25) is 11.8 Å². The molecule has 5 aromatic rings. The Morgan fingerprint density at radius 3 is 2.02 bits per heavy atom. The van der Waals surface area contributed by atoms with Gasteiger partial charge in [0.25, 0.3) is 0 Å². The number of fused-ring (bicyclic) bond motifs is 3. The summed E-state index contributed by atoms with van der Waals surface area (Å²) in [5.74, 6) is 1.54. The molecule has 2 aromatic heterocycles. The minimum atomic E-state index is -0.726. The Kier molecular flexibility index (Phi) is 13.9. The molecular formula is C48H61N9O8. The number of aromatic amines is 2. The molecule has 0 bridgehead atoms. The number of nitrogens with one attached hydrogen (secondary N) is 4. The van der Waals surface area contributed by atoms with Crippen molar-refractivity contribution >= 4 is 45.8 Å². The highest BCUT2D eigenvalue weighted by Crippen LogP contribution is 2.39. The van der Waals surface area contributed by atoms with E-state index in [1.807, 2.05) is 43.6 Å². The number of likely N-dealkylation sites (tertiary alicyclic amines) is 2. The van der Waals surface area contributed by atoms with E-state index in [1.165, 1.54) is 14.2 Å². The van der Waals surface area contributed by atoms with Crippen molar-refractivity contribution in [3.63, 3.8) is 0 Å². The zero-order valence-electron chi connectivity index (χ0n) is 38.1. The number of imidazole rings is 2. The Morgan fingerprint density at radius 1 is 0.769 bits per heavy atom. The molecule has 17 nitrogen and oxygen atoms in total. The summed E-state index contributed by atoms with van der Waals surface area (Å²) in [5.41, 5.74) is 5.33. The van der Waals surface area contributed by atoms with Crippen LogP contribution >= 0.6 is 0 Å². The topological polar surface area (TPSA) is 196 Å². The van der Waals surface area contributed by atoms with Gasteiger partial charge < -0.3 is 49.3 Å². The number of H-pyrrole nitrogens is 2. The van der Waals surface area contributed by atoms with Crippen molar-refractivity contribution < 1.29 is 38.1 Å². The van der Waals surface area contributed by atoms with Crippen molar-refractivity contribution in [1.29, 1.82) is 0 Å². The first kappa shape index (κ1) is 45.4. The van der Waals surface area contributed by atoms with E-state index in [2.05, 4.69) is 68.0 Å². The average Bonchev–Trinajstić information content (AvgIpc) is 4.16. The minimum absolute atomic E-state index is 0.126. The molecule has 3 aliphatic heterocycles. The standard InChI is InChI=1S/C48H61N9O8/c1-28(2)40(53-47(60)62-5)45(58)56-17-7-9-37(56)43-49-27-36(51-43)34-15-12-31(26-39(34)65-24-21-55-19-22-64-23-20-55)30-11-14-33-32(25-30)13-16-35-42(33)52-44(50-35)38-10-8-18-57(38)46(59)41(29(3)4)54-48(61)63-6/h11-16,25-29,37-38,40-41H,7-10,17-24H2,1-6H3,(H,49,51)(H,50,52)(H,53,60)(H,54,61)/t37-,38-,40-,41-/m0/s1. The van der Waals surface area contributed by atoms with E-state index in [1.54, 1.807) is 6.20 Å². The number of amides is 4. The van der Waals surface area contributed by atoms with E-state index >= 15 is 0 Å². The normalized spacial score (nSPS) is 19.0. The third-order valence-electron chi connectivity index (χ3n) is 12.9. The molecule has 3 aromatic carbocycles. The molecule has 8 rings (SSSR count). The number of nitrogens with zero attached hydrogens (tertiary/aromatic N) is 5. The van der Waals surface area contributed by atoms with Crippen molar-refractivity contribution in [2.45, 2.75) is 77.5 Å². The third kappa shape index (κ3) is 9.76. The summed E-state index contributed by atoms with van der Waals surface area (Å²) in [6.45, 7) is 13.1. The molecule has 346 valence electrons. The lowest BCUT2D eigenvalue weighted by Crippen LogP contribution is -2.51. The van der Waals surface area contributed by atoms with E-state index in [0.717, 1.165) is 95.3 Å². The third-order valence-corrected chi connectivity index (χ3v) is 12.9. The van der Waals surface area contributed by atoms with Gasteiger partial charge in [0.05, 0.1) is 62.4 Å². The lowest BCUT2D eigenvalue weighted by molar-refractivity contribution is -0.136. The molecule has 4 amide bonds. The summed E-state index contributed by atoms with van der Waals surface area (Å²) in [6.07, 6.45) is 3.68. The van der Waals surface area contributed by atoms with Crippen LogP contribution in [0.25, 0.3) is 44.2 Å². The lowest BCUT2D eigenvalue weighted by atomic mass is 9.98. The average molecular weight is 892 g/mol. The molecule has 3 aliphatic rings. The van der Waals surface area contributed by atoms with Crippen LogP contribution in [0.15, 0.2) is 54.7 Å². The second-order valence-corrected chi connectivity index (χ2v) is 17.8. The highest BCUT2D eigenvalue weighted by atomic mass is 16.5. The number of alkyl carbamates (subject to hydrolysis) is 2. The number of carbonyl (C=O) groups is 4. The van der Waals surface area contributed by atoms with Crippen LogP contribution in [0.2, 0.25) is 0 Å². The van der Waals surface area contributed by atoms with Crippen molar-refractivity contribution in [3.05, 3.63) is 66.4 Å². The summed E-state index contributed by atoms with van der Waals surface area (Å²) >= 11 is 0. The molecule has 5 heterocycles. The number of morpholine rings is 1. The molecule has 65 heavy (non-hydrogen) atoms. The zero-order valence-corrected chi connectivity index (χ0v) is 38.1. The first-order chi connectivity index (χ1) is 31.4. The molecule has 0 aliphatic carbocycles. The van der Waals surface area contributed by atoms with Gasteiger partial charge in [0.15, 0.2) is 0 Å². The first-order valence-electron chi connectivity index (χ1n) is 22.8. The van der Waals surface area contributed by atoms with Gasteiger partial charge in [-0.1, -0.05) is 52.0 Å². The largest absolute Gasteiger partial charge is 0.492 e. The predicted molar refractivity (Wildman–Crippen MR) is 245 cm³/mol. The molecule has 3 saturated heterocycles. The minimum Gasteiger partial charge on any atom is -0.492 e. The van der Waals surface area contributed by atoms with E-state index in [4.69, 9.17) is 28.9 Å². The Hall–Kier alpha value is -6.20. The Labute approximate surface area is 378 Å². The molecule has 0 spiro atoms. The number of hydrogen-bond acceptors (Lipinski definition) is 11. The quantitative estimate of drug-likeness (QED) is 0.0941. The Bertz CT molecular complexity index is 2510. The molecule has 0 saturated carbocycles. The van der Waals surface area contributed by atoms with Crippen LogP contribution in [0.4, 0.5) is 9.59 Å². The van der Waals surface area contributed by atoms with E-state index in [0.29, 0.717) is 44.5 Å². The second kappa shape index (κ2) is 19.9. The van der Waals surface area contributed by atoms with E-state index in [-0.39, 0.29) is 35.7 Å². The molecule has 17 heteroatoms. The van der Waals surface area contributed by atoms with Gasteiger partial charge in [-0.05, 0) is 78.3 Å². The van der Waals surface area contributed by atoms with Gasteiger partial charge in [-0.15, -0.1) is 0 Å². The summed E-state index contributed by atoms with van der Waals surface area (Å²) < 4.78 is 21.8. The monoisotopic (exact) mass is 891 g/mol. The zero-order chi connectivity index (χ0) is 45.8. The molecular weight excluding hydrogens is 831 g/mol. The maximum Gasteiger partial charge on any atom is 0.407 e. The van der Waals surface area contributed by atoms with Gasteiger partial charge in [-0.2, -0.15) is 0 Å². The summed E-state index contributed by atoms with van der Waals surface area (Å²) in [5, 5.41) is 7.45. The fraction of sp³-hybridized carbons (Fsp3) is 0.500. The van der Waals surface area contributed by atoms with Crippen LogP contribution in [-0.4, -0.2) is 137 Å². The Balaban J connectivity index is 1.06. The first-order valence-corrected chi connectivity index (χ1v) is 22.8. The molecule has 4 N–H and O–H groups in total. The highest BCUT2D eigenvalue weighted by molar-refractivity contribution is 6.05. The smallest absolute Gasteiger partial charge is 0.407 e. The van der Waals surface area contributed by atoms with E-state index in [9.17, 15) is 19.2 Å². The van der Waals surface area contributed by atoms with Gasteiger partial charge in [0, 0.05) is 43.7 Å². The number of carbonyl (C=O) groups excluding carboxylic acids is 4. The van der Waals surface area contributed by atoms with Gasteiger partial charge in [-0.3, -0.25) is 14.5 Å². The van der Waals surface area contributed by atoms with Crippen LogP contribution in [-0.2, 0) is 23.8 Å². The number of aromatic nitrogens is 4. The number of ether oxygens (including phenoxy) is 4. The highest BCUT2D eigenvalue weighted by Gasteiger charge is 2.39. The van der Waals surface area contributed by atoms with Crippen LogP contribution in [0.5, 0.6) is 5.75 Å². The number of benzene rings is 3. The number of rotatable bonds is 14. The van der Waals surface area contributed by atoms with Crippen molar-refractivity contribution in [2.24, 2.45) is 11.8 Å². The molecule has 4 atom stereocenters. The van der Waals surface area contributed by atoms with Gasteiger partial charge in [0.1, 0.15) is 36.1 Å². The maximum absolute atomic E-state index is 13.8. The van der Waals surface area contributed by atoms with Gasteiger partial charge in [-0.25, -0.2) is 19.6 Å². The van der Waals surface area contributed by atoms with Crippen molar-refractivity contribution in [2.75, 3.05) is 66.8 Å². The fourth-order valence-electron chi connectivity index (χ4n) is 9.34. The van der Waals surface area contributed by atoms with E-state index < -0.39 is 24.3 Å².